The van der Waals surface area contributed by atoms with Crippen LogP contribution in [0.3, 0.4) is 0 Å². The van der Waals surface area contributed by atoms with Crippen molar-refractivity contribution in [1.29, 1.82) is 0 Å². The number of carbonyl (C=O) groups excluding carboxylic acids is 1. The highest BCUT2D eigenvalue weighted by Crippen LogP contribution is 2.29. The molecule has 0 radical (unpaired) electrons. The van der Waals surface area contributed by atoms with Gasteiger partial charge in [-0.25, -0.2) is 0 Å². The topological polar surface area (TPSA) is 44.8 Å². The van der Waals surface area contributed by atoms with Gasteiger partial charge < -0.3 is 14.2 Å². The molecular weight excluding hydrogens is 268 g/mol. The molecule has 0 aromatic heterocycles. The minimum atomic E-state index is -0.241. The van der Waals surface area contributed by atoms with Gasteiger partial charge in [0.05, 0.1) is 18.1 Å². The Hall–Kier alpha value is -1.71. The molecular formula is C17H26O4. The molecule has 0 fully saturated rings. The summed E-state index contributed by atoms with van der Waals surface area (Å²) in [4.78, 5) is 11.9. The third-order valence-electron chi connectivity index (χ3n) is 2.83. The molecule has 1 aromatic rings. The van der Waals surface area contributed by atoms with Crippen LogP contribution in [0.2, 0.25) is 0 Å². The lowest BCUT2D eigenvalue weighted by molar-refractivity contribution is -0.138. The highest BCUT2D eigenvalue weighted by molar-refractivity contribution is 5.75. The van der Waals surface area contributed by atoms with Crippen LogP contribution >= 0.6 is 0 Å². The SMILES string of the molecule is CCC(C)C(=O)Oc1cc(OC(C)C)cc(OC(C)C)c1. The van der Waals surface area contributed by atoms with Crippen LogP contribution in [-0.2, 0) is 4.79 Å². The van der Waals surface area contributed by atoms with E-state index < -0.39 is 0 Å². The van der Waals surface area contributed by atoms with Gasteiger partial charge in [-0.05, 0) is 34.1 Å². The minimum Gasteiger partial charge on any atom is -0.491 e. The normalized spacial score (nSPS) is 12.4. The van der Waals surface area contributed by atoms with Crippen LogP contribution in [0.4, 0.5) is 0 Å². The van der Waals surface area contributed by atoms with Gasteiger partial charge in [0.25, 0.3) is 0 Å². The van der Waals surface area contributed by atoms with Gasteiger partial charge in [0, 0.05) is 18.2 Å². The number of ether oxygens (including phenoxy) is 3. The van der Waals surface area contributed by atoms with Crippen LogP contribution in [0.25, 0.3) is 0 Å². The molecule has 1 atom stereocenters. The van der Waals surface area contributed by atoms with Gasteiger partial charge in [0.15, 0.2) is 0 Å². The van der Waals surface area contributed by atoms with Crippen LogP contribution in [-0.4, -0.2) is 18.2 Å². The van der Waals surface area contributed by atoms with Crippen LogP contribution in [0.15, 0.2) is 18.2 Å². The van der Waals surface area contributed by atoms with E-state index in [9.17, 15) is 4.79 Å². The summed E-state index contributed by atoms with van der Waals surface area (Å²) in [7, 11) is 0. The number of hydrogen-bond acceptors (Lipinski definition) is 4. The van der Waals surface area contributed by atoms with Gasteiger partial charge in [-0.2, -0.15) is 0 Å². The number of carbonyl (C=O) groups is 1. The molecule has 0 aliphatic rings. The van der Waals surface area contributed by atoms with Gasteiger partial charge in [-0.1, -0.05) is 13.8 Å². The summed E-state index contributed by atoms with van der Waals surface area (Å²) < 4.78 is 16.8. The summed E-state index contributed by atoms with van der Waals surface area (Å²) in [6, 6.07) is 5.24. The maximum absolute atomic E-state index is 11.9. The van der Waals surface area contributed by atoms with Crippen LogP contribution in [0, 0.1) is 5.92 Å². The Morgan fingerprint density at radius 3 is 1.71 bits per heavy atom. The lowest BCUT2D eigenvalue weighted by atomic mass is 10.1. The molecule has 1 aromatic carbocycles. The zero-order chi connectivity index (χ0) is 16.0. The summed E-state index contributed by atoms with van der Waals surface area (Å²) >= 11 is 0. The van der Waals surface area contributed by atoms with Crippen molar-refractivity contribution >= 4 is 5.97 Å². The summed E-state index contributed by atoms with van der Waals surface area (Å²) in [6.45, 7) is 11.6. The fourth-order valence-corrected chi connectivity index (χ4v) is 1.67. The highest BCUT2D eigenvalue weighted by Gasteiger charge is 2.15. The van der Waals surface area contributed by atoms with E-state index in [4.69, 9.17) is 14.2 Å². The Bertz CT molecular complexity index is 438. The van der Waals surface area contributed by atoms with Gasteiger partial charge in [-0.3, -0.25) is 4.79 Å². The Morgan fingerprint density at radius 1 is 0.905 bits per heavy atom. The van der Waals surface area contributed by atoms with Gasteiger partial charge in [0.1, 0.15) is 17.2 Å². The van der Waals surface area contributed by atoms with E-state index in [1.54, 1.807) is 18.2 Å². The first-order valence-electron chi connectivity index (χ1n) is 7.51. The first-order valence-corrected chi connectivity index (χ1v) is 7.51. The molecule has 4 heteroatoms. The van der Waals surface area contributed by atoms with Gasteiger partial charge in [0.2, 0.25) is 0 Å². The molecule has 0 aliphatic carbocycles. The lowest BCUT2D eigenvalue weighted by Crippen LogP contribution is -2.17. The number of rotatable bonds is 7. The third-order valence-corrected chi connectivity index (χ3v) is 2.83. The van der Waals surface area contributed by atoms with Gasteiger partial charge >= 0.3 is 5.97 Å². The van der Waals surface area contributed by atoms with Gasteiger partial charge in [-0.15, -0.1) is 0 Å². The van der Waals surface area contributed by atoms with E-state index in [2.05, 4.69) is 0 Å². The van der Waals surface area contributed by atoms with Crippen LogP contribution < -0.4 is 14.2 Å². The molecule has 0 aliphatic heterocycles. The molecule has 1 unspecified atom stereocenters. The van der Waals surface area contributed by atoms with Crippen molar-refractivity contribution in [1.82, 2.24) is 0 Å². The molecule has 0 heterocycles. The minimum absolute atomic E-state index is 0.0393. The quantitative estimate of drug-likeness (QED) is 0.558. The second kappa shape index (κ2) is 7.91. The molecule has 0 saturated heterocycles. The number of esters is 1. The Kier molecular flexibility index (Phi) is 6.53. The predicted octanol–water partition coefficient (Wildman–Crippen LogP) is 4.21. The van der Waals surface area contributed by atoms with Crippen LogP contribution in [0.1, 0.15) is 48.0 Å². The van der Waals surface area contributed by atoms with Crippen molar-refractivity contribution in [3.63, 3.8) is 0 Å². The van der Waals surface area contributed by atoms with E-state index in [-0.39, 0.29) is 24.1 Å². The van der Waals surface area contributed by atoms with Crippen molar-refractivity contribution in [2.24, 2.45) is 5.92 Å². The third kappa shape index (κ3) is 6.06. The molecule has 118 valence electrons. The zero-order valence-electron chi connectivity index (χ0n) is 13.8. The summed E-state index contributed by atoms with van der Waals surface area (Å²) in [5.41, 5.74) is 0. The van der Waals surface area contributed by atoms with Crippen molar-refractivity contribution in [3.8, 4) is 17.2 Å². The number of hydrogen-bond donors (Lipinski definition) is 0. The molecule has 0 N–H and O–H groups in total. The molecule has 0 bridgehead atoms. The molecule has 1 rings (SSSR count). The standard InChI is InChI=1S/C17H26O4/c1-7-13(6)17(18)21-16-9-14(19-11(2)3)8-15(10-16)20-12(4)5/h8-13H,7H2,1-6H3. The van der Waals surface area contributed by atoms with Crippen molar-refractivity contribution in [2.45, 2.75) is 60.2 Å². The average molecular weight is 294 g/mol. The van der Waals surface area contributed by atoms with Crippen molar-refractivity contribution < 1.29 is 19.0 Å². The molecule has 4 nitrogen and oxygen atoms in total. The lowest BCUT2D eigenvalue weighted by Gasteiger charge is -2.16. The Labute approximate surface area is 127 Å². The van der Waals surface area contributed by atoms with Crippen LogP contribution in [0.5, 0.6) is 17.2 Å². The van der Waals surface area contributed by atoms with Crippen molar-refractivity contribution in [3.05, 3.63) is 18.2 Å². The smallest absolute Gasteiger partial charge is 0.314 e. The molecule has 0 spiro atoms. The second-order valence-electron chi connectivity index (χ2n) is 5.70. The Balaban J connectivity index is 2.97. The largest absolute Gasteiger partial charge is 0.491 e. The maximum Gasteiger partial charge on any atom is 0.314 e. The van der Waals surface area contributed by atoms with E-state index >= 15 is 0 Å². The Morgan fingerprint density at radius 2 is 1.33 bits per heavy atom. The average Bonchev–Trinajstić information content (AvgIpc) is 2.35. The first kappa shape index (κ1) is 17.3. The fraction of sp³-hybridized carbons (Fsp3) is 0.588. The second-order valence-corrected chi connectivity index (χ2v) is 5.70. The van der Waals surface area contributed by atoms with E-state index in [0.29, 0.717) is 17.2 Å². The maximum atomic E-state index is 11.9. The van der Waals surface area contributed by atoms with Crippen molar-refractivity contribution in [2.75, 3.05) is 0 Å². The number of benzene rings is 1. The summed E-state index contributed by atoms with van der Waals surface area (Å²) in [5, 5.41) is 0. The highest BCUT2D eigenvalue weighted by atomic mass is 16.5. The zero-order valence-corrected chi connectivity index (χ0v) is 13.8. The van der Waals surface area contributed by atoms with E-state index in [1.807, 2.05) is 41.5 Å². The summed E-state index contributed by atoms with van der Waals surface area (Å²) in [6.07, 6.45) is 0.825. The molecule has 21 heavy (non-hydrogen) atoms. The van der Waals surface area contributed by atoms with E-state index in [0.717, 1.165) is 6.42 Å². The van der Waals surface area contributed by atoms with E-state index in [1.165, 1.54) is 0 Å². The molecule has 0 amide bonds. The first-order chi connectivity index (χ1) is 9.81. The monoisotopic (exact) mass is 294 g/mol. The predicted molar refractivity (Wildman–Crippen MR) is 83.1 cm³/mol. The molecule has 0 saturated carbocycles. The fourth-order valence-electron chi connectivity index (χ4n) is 1.67. The summed E-state index contributed by atoms with van der Waals surface area (Å²) in [5.74, 6) is 1.35.